The van der Waals surface area contributed by atoms with Crippen LogP contribution in [-0.2, 0) is 17.4 Å². The van der Waals surface area contributed by atoms with E-state index in [0.29, 0.717) is 23.8 Å². The number of hydrogen-bond donors (Lipinski definition) is 0. The summed E-state index contributed by atoms with van der Waals surface area (Å²) in [7, 11) is 0. The first-order chi connectivity index (χ1) is 15.8. The quantitative estimate of drug-likeness (QED) is 0.417. The maximum atomic E-state index is 13.5. The fourth-order valence-electron chi connectivity index (χ4n) is 4.17. The molecule has 0 saturated carbocycles. The van der Waals surface area contributed by atoms with E-state index in [9.17, 15) is 18.0 Å². The van der Waals surface area contributed by atoms with Gasteiger partial charge in [-0.05, 0) is 74.8 Å². The molecule has 2 aromatic carbocycles. The van der Waals surface area contributed by atoms with Crippen LogP contribution in [-0.4, -0.2) is 23.0 Å². The Morgan fingerprint density at radius 2 is 1.76 bits per heavy atom. The highest BCUT2D eigenvalue weighted by atomic mass is 32.1. The molecule has 1 aliphatic rings. The Morgan fingerprint density at radius 1 is 1.15 bits per heavy atom. The maximum Gasteiger partial charge on any atom is 0.417 e. The topological polar surface area (TPSA) is 47.3 Å². The zero-order valence-electron chi connectivity index (χ0n) is 19.7. The molecule has 0 N–H and O–H groups in total. The third-order valence-corrected chi connectivity index (χ3v) is 6.44. The number of nitriles is 1. The van der Waals surface area contributed by atoms with Crippen LogP contribution in [0.25, 0.3) is 0 Å². The van der Waals surface area contributed by atoms with Gasteiger partial charge in [-0.1, -0.05) is 26.0 Å². The molecule has 0 spiro atoms. The van der Waals surface area contributed by atoms with Crippen molar-refractivity contribution in [2.75, 3.05) is 16.3 Å². The minimum absolute atomic E-state index is 0.0482. The molecule has 1 aliphatic heterocycles. The Hall–Kier alpha value is -2.92. The summed E-state index contributed by atoms with van der Waals surface area (Å²) in [4.78, 5) is 15.4. The second-order valence-corrected chi connectivity index (χ2v) is 9.86. The number of aryl methyl sites for hydroxylation is 1. The van der Waals surface area contributed by atoms with Crippen LogP contribution in [0.4, 0.5) is 24.5 Å². The van der Waals surface area contributed by atoms with Gasteiger partial charge in [-0.25, -0.2) is 0 Å². The molecule has 0 radical (unpaired) electrons. The van der Waals surface area contributed by atoms with Crippen LogP contribution in [0.2, 0.25) is 0 Å². The van der Waals surface area contributed by atoms with E-state index in [-0.39, 0.29) is 11.7 Å². The SMILES string of the molecule is CC(C)C(=O)CCCc1ccc(N2C(=S)N(c3ccc(C#N)c(C(F)(F)F)c3)CC2(C)C)cc1. The highest BCUT2D eigenvalue weighted by Gasteiger charge is 2.43. The van der Waals surface area contributed by atoms with Gasteiger partial charge in [0.25, 0.3) is 0 Å². The van der Waals surface area contributed by atoms with Gasteiger partial charge in [-0.3, -0.25) is 4.79 Å². The molecular weight excluding hydrogens is 459 g/mol. The van der Waals surface area contributed by atoms with Gasteiger partial charge in [-0.15, -0.1) is 0 Å². The number of carbonyl (C=O) groups excluding carboxylic acids is 1. The second kappa shape index (κ2) is 9.75. The van der Waals surface area contributed by atoms with E-state index in [1.807, 2.05) is 56.9 Å². The minimum atomic E-state index is -4.63. The smallest absolute Gasteiger partial charge is 0.316 e. The van der Waals surface area contributed by atoms with Crippen LogP contribution in [0.5, 0.6) is 0 Å². The number of Topliss-reactive ketones (excluding diaryl/α,β-unsaturated/α-hetero) is 1. The summed E-state index contributed by atoms with van der Waals surface area (Å²) in [6, 6.07) is 13.2. The van der Waals surface area contributed by atoms with Gasteiger partial charge in [-0.2, -0.15) is 18.4 Å². The largest absolute Gasteiger partial charge is 0.417 e. The Balaban J connectivity index is 1.81. The fraction of sp³-hybridized carbons (Fsp3) is 0.423. The fourth-order valence-corrected chi connectivity index (χ4v) is 4.69. The predicted octanol–water partition coefficient (Wildman–Crippen LogP) is 6.51. The summed E-state index contributed by atoms with van der Waals surface area (Å²) >= 11 is 5.70. The molecule has 1 heterocycles. The van der Waals surface area contributed by atoms with Crippen LogP contribution in [0.15, 0.2) is 42.5 Å². The van der Waals surface area contributed by atoms with Gasteiger partial charge in [0.15, 0.2) is 5.11 Å². The van der Waals surface area contributed by atoms with Crippen molar-refractivity contribution in [2.45, 2.75) is 58.7 Å². The van der Waals surface area contributed by atoms with E-state index in [2.05, 4.69) is 0 Å². The van der Waals surface area contributed by atoms with Gasteiger partial charge in [0.1, 0.15) is 5.78 Å². The summed E-state index contributed by atoms with van der Waals surface area (Å²) in [5.41, 5.74) is 0.425. The molecule has 4 nitrogen and oxygen atoms in total. The van der Waals surface area contributed by atoms with E-state index in [0.717, 1.165) is 30.2 Å². The van der Waals surface area contributed by atoms with E-state index < -0.39 is 22.8 Å². The molecular formula is C26H28F3N3OS. The van der Waals surface area contributed by atoms with E-state index in [1.165, 1.54) is 12.1 Å². The van der Waals surface area contributed by atoms with Crippen molar-refractivity contribution < 1.29 is 18.0 Å². The predicted molar refractivity (Wildman–Crippen MR) is 132 cm³/mol. The monoisotopic (exact) mass is 487 g/mol. The number of alkyl halides is 3. The normalized spacial score (nSPS) is 15.7. The first kappa shape index (κ1) is 25.7. The molecule has 0 atom stereocenters. The van der Waals surface area contributed by atoms with Gasteiger partial charge in [0, 0.05) is 30.3 Å². The lowest BCUT2D eigenvalue weighted by molar-refractivity contribution is -0.137. The highest BCUT2D eigenvalue weighted by Crippen LogP contribution is 2.39. The van der Waals surface area contributed by atoms with Gasteiger partial charge in [0.2, 0.25) is 0 Å². The molecule has 1 saturated heterocycles. The Morgan fingerprint density at radius 3 is 2.32 bits per heavy atom. The summed E-state index contributed by atoms with van der Waals surface area (Å²) in [6.45, 7) is 8.18. The van der Waals surface area contributed by atoms with E-state index >= 15 is 0 Å². The zero-order chi connectivity index (χ0) is 25.3. The summed E-state index contributed by atoms with van der Waals surface area (Å²) < 4.78 is 40.4. The molecule has 3 rings (SSSR count). The Bertz CT molecular complexity index is 1120. The van der Waals surface area contributed by atoms with E-state index in [4.69, 9.17) is 17.5 Å². The number of nitrogens with zero attached hydrogens (tertiary/aromatic N) is 3. The number of ketones is 1. The van der Waals surface area contributed by atoms with Crippen molar-refractivity contribution in [3.63, 3.8) is 0 Å². The lowest BCUT2D eigenvalue weighted by Crippen LogP contribution is -2.42. The van der Waals surface area contributed by atoms with Gasteiger partial charge < -0.3 is 9.80 Å². The minimum Gasteiger partial charge on any atom is -0.316 e. The Kier molecular flexibility index (Phi) is 7.37. The molecule has 34 heavy (non-hydrogen) atoms. The van der Waals surface area contributed by atoms with Crippen LogP contribution in [0.1, 0.15) is 57.2 Å². The Labute approximate surface area is 204 Å². The molecule has 0 amide bonds. The van der Waals surface area contributed by atoms with Crippen LogP contribution < -0.4 is 9.80 Å². The van der Waals surface area contributed by atoms with Gasteiger partial charge >= 0.3 is 6.18 Å². The van der Waals surface area contributed by atoms with E-state index in [1.54, 1.807) is 11.0 Å². The zero-order valence-corrected chi connectivity index (χ0v) is 20.6. The third kappa shape index (κ3) is 5.41. The molecule has 2 aromatic rings. The number of benzene rings is 2. The van der Waals surface area contributed by atoms with Crippen LogP contribution in [0, 0.1) is 17.2 Å². The van der Waals surface area contributed by atoms with Crippen LogP contribution >= 0.6 is 12.2 Å². The molecule has 1 fully saturated rings. The van der Waals surface area contributed by atoms with Gasteiger partial charge in [0.05, 0.1) is 22.7 Å². The summed E-state index contributed by atoms with van der Waals surface area (Å²) in [5, 5.41) is 9.48. The maximum absolute atomic E-state index is 13.5. The second-order valence-electron chi connectivity index (χ2n) is 9.50. The molecule has 0 unspecified atom stereocenters. The molecule has 0 aliphatic carbocycles. The number of thiocarbonyl (C=S) groups is 1. The molecule has 8 heteroatoms. The number of carbonyl (C=O) groups is 1. The lowest BCUT2D eigenvalue weighted by atomic mass is 10.00. The number of hydrogen-bond acceptors (Lipinski definition) is 3. The van der Waals surface area contributed by atoms with Crippen molar-refractivity contribution >= 4 is 34.5 Å². The molecule has 0 bridgehead atoms. The average molecular weight is 488 g/mol. The van der Waals surface area contributed by atoms with Crippen molar-refractivity contribution in [3.8, 4) is 6.07 Å². The standard InChI is InChI=1S/C26H28F3N3OS/c1-17(2)23(33)7-5-6-18-8-11-20(12-9-18)32-24(34)31(16-25(32,3)4)21-13-10-19(15-30)22(14-21)26(27,28)29/h8-14,17H,5-7,16H2,1-4H3. The molecule has 180 valence electrons. The highest BCUT2D eigenvalue weighted by molar-refractivity contribution is 7.80. The summed E-state index contributed by atoms with van der Waals surface area (Å²) in [5.74, 6) is 0.310. The van der Waals surface area contributed by atoms with Crippen LogP contribution in [0.3, 0.4) is 0 Å². The van der Waals surface area contributed by atoms with Crippen molar-refractivity contribution in [3.05, 3.63) is 59.2 Å². The third-order valence-electron chi connectivity index (χ3n) is 6.04. The number of anilines is 2. The number of halogens is 3. The van der Waals surface area contributed by atoms with Crippen molar-refractivity contribution in [2.24, 2.45) is 5.92 Å². The average Bonchev–Trinajstić information content (AvgIpc) is 3.01. The van der Waals surface area contributed by atoms with Crippen molar-refractivity contribution in [1.29, 1.82) is 5.26 Å². The lowest BCUT2D eigenvalue weighted by Gasteiger charge is -2.31. The first-order valence-electron chi connectivity index (χ1n) is 11.2. The summed E-state index contributed by atoms with van der Waals surface area (Å²) in [6.07, 6.45) is -2.49. The molecule has 0 aromatic heterocycles. The number of rotatable bonds is 7. The first-order valence-corrected chi connectivity index (χ1v) is 11.6. The van der Waals surface area contributed by atoms with Crippen molar-refractivity contribution in [1.82, 2.24) is 0 Å².